The van der Waals surface area contributed by atoms with Gasteiger partial charge in [-0.25, -0.2) is 0 Å². The second-order valence-corrected chi connectivity index (χ2v) is 6.48. The number of ether oxygens (including phenoxy) is 1. The molecule has 0 aromatic rings. The molecular weight excluding hydrogens is 210 g/mol. The lowest BCUT2D eigenvalue weighted by Crippen LogP contribution is -2.37. The predicted molar refractivity (Wildman–Crippen MR) is 74.2 cm³/mol. The molecule has 1 unspecified atom stereocenters. The van der Waals surface area contributed by atoms with Crippen LogP contribution >= 0.6 is 0 Å². The molecular formula is C15H29NO. The van der Waals surface area contributed by atoms with Gasteiger partial charge in [0.05, 0.1) is 6.61 Å². The highest BCUT2D eigenvalue weighted by Gasteiger charge is 2.15. The van der Waals surface area contributed by atoms with Gasteiger partial charge in [-0.15, -0.1) is 0 Å². The molecule has 0 amide bonds. The Bertz CT molecular complexity index is 244. The minimum absolute atomic E-state index is 0.192. The standard InChI is InChI=1S/C15H29NO/c1-12(2)14(10-16-15(3,4)5)9-13-7-6-8-17-11-13/h9,12-13,16H,6-8,10-11H2,1-5H3. The minimum Gasteiger partial charge on any atom is -0.381 e. The Morgan fingerprint density at radius 2 is 2.12 bits per heavy atom. The van der Waals surface area contributed by atoms with Gasteiger partial charge in [-0.1, -0.05) is 25.5 Å². The van der Waals surface area contributed by atoms with Gasteiger partial charge in [0.15, 0.2) is 0 Å². The van der Waals surface area contributed by atoms with Crippen molar-refractivity contribution >= 4 is 0 Å². The minimum atomic E-state index is 0.192. The molecule has 0 radical (unpaired) electrons. The van der Waals surface area contributed by atoms with Gasteiger partial charge in [0, 0.05) is 24.6 Å². The van der Waals surface area contributed by atoms with E-state index in [0.717, 1.165) is 19.8 Å². The summed E-state index contributed by atoms with van der Waals surface area (Å²) in [4.78, 5) is 0. The summed E-state index contributed by atoms with van der Waals surface area (Å²) in [5.74, 6) is 1.25. The lowest BCUT2D eigenvalue weighted by atomic mass is 9.93. The third kappa shape index (κ3) is 6.23. The van der Waals surface area contributed by atoms with Crippen LogP contribution in [0.5, 0.6) is 0 Å². The summed E-state index contributed by atoms with van der Waals surface area (Å²) in [5.41, 5.74) is 1.72. The first-order valence-electron chi connectivity index (χ1n) is 6.92. The quantitative estimate of drug-likeness (QED) is 0.759. The smallest absolute Gasteiger partial charge is 0.0528 e. The first kappa shape index (κ1) is 14.7. The fourth-order valence-corrected chi connectivity index (χ4v) is 2.02. The lowest BCUT2D eigenvalue weighted by molar-refractivity contribution is 0.0706. The van der Waals surface area contributed by atoms with Crippen LogP contribution in [0.15, 0.2) is 11.6 Å². The molecule has 0 aromatic heterocycles. The Morgan fingerprint density at radius 1 is 1.41 bits per heavy atom. The van der Waals surface area contributed by atoms with Crippen LogP contribution in [-0.2, 0) is 4.74 Å². The molecule has 17 heavy (non-hydrogen) atoms. The fraction of sp³-hybridized carbons (Fsp3) is 0.867. The van der Waals surface area contributed by atoms with Crippen LogP contribution in [0, 0.1) is 11.8 Å². The Kier molecular flexibility index (Phi) is 5.68. The average molecular weight is 239 g/mol. The molecule has 0 spiro atoms. The summed E-state index contributed by atoms with van der Waals surface area (Å²) >= 11 is 0. The molecule has 1 aliphatic rings. The summed E-state index contributed by atoms with van der Waals surface area (Å²) in [6.07, 6.45) is 4.94. The van der Waals surface area contributed by atoms with Crippen LogP contribution in [-0.4, -0.2) is 25.3 Å². The number of hydrogen-bond acceptors (Lipinski definition) is 2. The van der Waals surface area contributed by atoms with Crippen molar-refractivity contribution < 1.29 is 4.74 Å². The summed E-state index contributed by atoms with van der Waals surface area (Å²) in [5, 5.41) is 3.58. The molecule has 0 saturated carbocycles. The van der Waals surface area contributed by atoms with Gasteiger partial charge >= 0.3 is 0 Å². The van der Waals surface area contributed by atoms with Crippen LogP contribution < -0.4 is 5.32 Å². The van der Waals surface area contributed by atoms with Crippen molar-refractivity contribution in [3.63, 3.8) is 0 Å². The van der Waals surface area contributed by atoms with E-state index in [1.165, 1.54) is 18.4 Å². The zero-order chi connectivity index (χ0) is 12.9. The molecule has 1 heterocycles. The third-order valence-electron chi connectivity index (χ3n) is 3.21. The molecule has 1 N–H and O–H groups in total. The van der Waals surface area contributed by atoms with E-state index in [4.69, 9.17) is 4.74 Å². The summed E-state index contributed by atoms with van der Waals surface area (Å²) < 4.78 is 5.54. The molecule has 1 aliphatic heterocycles. The summed E-state index contributed by atoms with van der Waals surface area (Å²) in [6, 6.07) is 0. The Hall–Kier alpha value is -0.340. The third-order valence-corrected chi connectivity index (χ3v) is 3.21. The highest BCUT2D eigenvalue weighted by atomic mass is 16.5. The Balaban J connectivity index is 2.54. The van der Waals surface area contributed by atoms with Crippen molar-refractivity contribution in [2.24, 2.45) is 11.8 Å². The Morgan fingerprint density at radius 3 is 2.59 bits per heavy atom. The van der Waals surface area contributed by atoms with Gasteiger partial charge in [0.25, 0.3) is 0 Å². The van der Waals surface area contributed by atoms with Crippen LogP contribution in [0.4, 0.5) is 0 Å². The van der Waals surface area contributed by atoms with Gasteiger partial charge in [0.1, 0.15) is 0 Å². The highest BCUT2D eigenvalue weighted by molar-refractivity contribution is 5.10. The maximum atomic E-state index is 5.54. The fourth-order valence-electron chi connectivity index (χ4n) is 2.02. The van der Waals surface area contributed by atoms with Crippen molar-refractivity contribution in [3.05, 3.63) is 11.6 Å². The van der Waals surface area contributed by atoms with Crippen LogP contribution in [0.3, 0.4) is 0 Å². The van der Waals surface area contributed by atoms with E-state index in [0.29, 0.717) is 11.8 Å². The van der Waals surface area contributed by atoms with Gasteiger partial charge in [-0.05, 0) is 39.5 Å². The van der Waals surface area contributed by atoms with E-state index in [9.17, 15) is 0 Å². The zero-order valence-corrected chi connectivity index (χ0v) is 12.2. The van der Waals surface area contributed by atoms with E-state index >= 15 is 0 Å². The summed E-state index contributed by atoms with van der Waals surface area (Å²) in [6.45, 7) is 14.1. The van der Waals surface area contributed by atoms with Crippen LogP contribution in [0.1, 0.15) is 47.5 Å². The van der Waals surface area contributed by atoms with E-state index in [1.807, 2.05) is 0 Å². The van der Waals surface area contributed by atoms with Crippen LogP contribution in [0.2, 0.25) is 0 Å². The average Bonchev–Trinajstić information content (AvgIpc) is 2.24. The monoisotopic (exact) mass is 239 g/mol. The van der Waals surface area contributed by atoms with Crippen molar-refractivity contribution in [2.45, 2.75) is 53.0 Å². The van der Waals surface area contributed by atoms with Gasteiger partial charge in [0.2, 0.25) is 0 Å². The lowest BCUT2D eigenvalue weighted by Gasteiger charge is -2.25. The van der Waals surface area contributed by atoms with E-state index in [2.05, 4.69) is 46.0 Å². The van der Waals surface area contributed by atoms with Gasteiger partial charge in [-0.3, -0.25) is 0 Å². The molecule has 1 fully saturated rings. The second kappa shape index (κ2) is 6.55. The number of rotatable bonds is 4. The van der Waals surface area contributed by atoms with Crippen LogP contribution in [0.25, 0.3) is 0 Å². The molecule has 100 valence electrons. The summed E-state index contributed by atoms with van der Waals surface area (Å²) in [7, 11) is 0. The molecule has 1 saturated heterocycles. The Labute approximate surface area is 107 Å². The van der Waals surface area contributed by atoms with Gasteiger partial charge in [-0.2, -0.15) is 0 Å². The van der Waals surface area contributed by atoms with E-state index in [1.54, 1.807) is 0 Å². The van der Waals surface area contributed by atoms with Crippen molar-refractivity contribution in [1.29, 1.82) is 0 Å². The topological polar surface area (TPSA) is 21.3 Å². The molecule has 1 atom stereocenters. The first-order chi connectivity index (χ1) is 7.88. The molecule has 0 bridgehead atoms. The highest BCUT2D eigenvalue weighted by Crippen LogP contribution is 2.20. The molecule has 2 heteroatoms. The van der Waals surface area contributed by atoms with Crippen molar-refractivity contribution in [1.82, 2.24) is 5.32 Å². The maximum absolute atomic E-state index is 5.54. The van der Waals surface area contributed by atoms with Crippen molar-refractivity contribution in [2.75, 3.05) is 19.8 Å². The maximum Gasteiger partial charge on any atom is 0.0528 e. The predicted octanol–water partition coefficient (Wildman–Crippen LogP) is 3.38. The molecule has 2 nitrogen and oxygen atoms in total. The normalized spacial score (nSPS) is 23.2. The molecule has 1 rings (SSSR count). The van der Waals surface area contributed by atoms with E-state index < -0.39 is 0 Å². The van der Waals surface area contributed by atoms with E-state index in [-0.39, 0.29) is 5.54 Å². The number of hydrogen-bond donors (Lipinski definition) is 1. The number of nitrogens with one attached hydrogen (secondary N) is 1. The molecule has 0 aromatic carbocycles. The zero-order valence-electron chi connectivity index (χ0n) is 12.2. The first-order valence-corrected chi connectivity index (χ1v) is 6.92. The SMILES string of the molecule is CC(C)C(=CC1CCCOC1)CNC(C)(C)C. The van der Waals surface area contributed by atoms with Crippen molar-refractivity contribution in [3.8, 4) is 0 Å². The van der Waals surface area contributed by atoms with Gasteiger partial charge < -0.3 is 10.1 Å². The largest absolute Gasteiger partial charge is 0.381 e. The molecule has 0 aliphatic carbocycles. The second-order valence-electron chi connectivity index (χ2n) is 6.48.